The van der Waals surface area contributed by atoms with Gasteiger partial charge in [0.05, 0.1) is 22.0 Å². The van der Waals surface area contributed by atoms with Crippen molar-refractivity contribution in [3.05, 3.63) is 36.2 Å². The fourth-order valence-corrected chi connectivity index (χ4v) is 2.31. The quantitative estimate of drug-likeness (QED) is 0.771. The molecule has 1 unspecified atom stereocenters. The third-order valence-corrected chi connectivity index (χ3v) is 4.10. The molecule has 21 heavy (non-hydrogen) atoms. The summed E-state index contributed by atoms with van der Waals surface area (Å²) < 4.78 is 29.4. The third kappa shape index (κ3) is 4.51. The standard InChI is InChI=1S/C12H15BrN4O3S/c1-9(13)12-8-17(16-15-12)6-7-20-10-2-4-11(5-3-10)21(14,18)19/h2-5,8-9H,6-7H2,1H3,(H2,14,18,19). The van der Waals surface area contributed by atoms with E-state index in [0.717, 1.165) is 5.69 Å². The molecule has 2 rings (SSSR count). The average Bonchev–Trinajstić information content (AvgIpc) is 2.87. The summed E-state index contributed by atoms with van der Waals surface area (Å²) in [4.78, 5) is 0.208. The number of benzene rings is 1. The average molecular weight is 375 g/mol. The van der Waals surface area contributed by atoms with Crippen LogP contribution in [0.1, 0.15) is 17.4 Å². The Hall–Kier alpha value is -1.45. The number of ether oxygens (including phenoxy) is 1. The molecule has 0 aliphatic carbocycles. The van der Waals surface area contributed by atoms with E-state index in [4.69, 9.17) is 9.88 Å². The number of nitrogens with two attached hydrogens (primary N) is 1. The smallest absolute Gasteiger partial charge is 0.238 e. The molecule has 0 amide bonds. The van der Waals surface area contributed by atoms with Crippen LogP contribution in [0, 0.1) is 0 Å². The summed E-state index contributed by atoms with van der Waals surface area (Å²) in [6, 6.07) is 5.94. The zero-order valence-corrected chi connectivity index (χ0v) is 13.7. The molecule has 7 nitrogen and oxygen atoms in total. The molecular weight excluding hydrogens is 360 g/mol. The second kappa shape index (κ2) is 6.54. The van der Waals surface area contributed by atoms with Crippen molar-refractivity contribution in [2.75, 3.05) is 6.61 Å². The fourth-order valence-electron chi connectivity index (χ4n) is 1.59. The minimum atomic E-state index is -3.67. The maximum atomic E-state index is 11.1. The van der Waals surface area contributed by atoms with Crippen molar-refractivity contribution in [1.82, 2.24) is 15.0 Å². The number of hydrogen-bond acceptors (Lipinski definition) is 5. The van der Waals surface area contributed by atoms with Gasteiger partial charge in [0.1, 0.15) is 12.4 Å². The molecule has 0 spiro atoms. The van der Waals surface area contributed by atoms with Crippen LogP contribution in [0.15, 0.2) is 35.4 Å². The Kier molecular flexibility index (Phi) is 4.96. The predicted molar refractivity (Wildman–Crippen MR) is 80.7 cm³/mol. The van der Waals surface area contributed by atoms with Gasteiger partial charge in [-0.15, -0.1) is 5.10 Å². The van der Waals surface area contributed by atoms with Crippen LogP contribution in [0.5, 0.6) is 5.75 Å². The van der Waals surface area contributed by atoms with Gasteiger partial charge >= 0.3 is 0 Å². The van der Waals surface area contributed by atoms with Crippen molar-refractivity contribution in [3.8, 4) is 5.75 Å². The first-order chi connectivity index (χ1) is 9.86. The van der Waals surface area contributed by atoms with E-state index in [-0.39, 0.29) is 9.72 Å². The number of aromatic nitrogens is 3. The van der Waals surface area contributed by atoms with Crippen molar-refractivity contribution in [3.63, 3.8) is 0 Å². The summed E-state index contributed by atoms with van der Waals surface area (Å²) in [7, 11) is -3.67. The molecule has 1 atom stereocenters. The summed E-state index contributed by atoms with van der Waals surface area (Å²) in [6.45, 7) is 2.91. The zero-order chi connectivity index (χ0) is 15.5. The molecule has 0 radical (unpaired) electrons. The van der Waals surface area contributed by atoms with Crippen LogP contribution >= 0.6 is 15.9 Å². The largest absolute Gasteiger partial charge is 0.492 e. The van der Waals surface area contributed by atoms with E-state index >= 15 is 0 Å². The maximum absolute atomic E-state index is 11.1. The van der Waals surface area contributed by atoms with Crippen molar-refractivity contribution >= 4 is 26.0 Å². The molecule has 0 saturated heterocycles. The second-order valence-corrected chi connectivity index (χ2v) is 7.32. The Labute approximate surface area is 131 Å². The number of hydrogen-bond donors (Lipinski definition) is 1. The molecule has 1 aromatic carbocycles. The van der Waals surface area contributed by atoms with Crippen molar-refractivity contribution < 1.29 is 13.2 Å². The van der Waals surface area contributed by atoms with Crippen molar-refractivity contribution in [2.45, 2.75) is 23.2 Å². The number of nitrogens with zero attached hydrogens (tertiary/aromatic N) is 3. The van der Waals surface area contributed by atoms with E-state index < -0.39 is 10.0 Å². The van der Waals surface area contributed by atoms with Gasteiger partial charge in [-0.25, -0.2) is 18.2 Å². The van der Waals surface area contributed by atoms with Gasteiger partial charge in [-0.05, 0) is 31.2 Å². The molecule has 1 aromatic heterocycles. The molecule has 0 aliphatic rings. The predicted octanol–water partition coefficient (Wildman–Crippen LogP) is 1.46. The first kappa shape index (κ1) is 15.9. The summed E-state index contributed by atoms with van der Waals surface area (Å²) in [6.07, 6.45) is 1.84. The molecule has 0 aliphatic heterocycles. The summed E-state index contributed by atoms with van der Waals surface area (Å²) in [5.74, 6) is 0.566. The first-order valence-corrected chi connectivity index (χ1v) is 8.62. The minimum absolute atomic E-state index is 0.0575. The molecule has 0 saturated carbocycles. The fraction of sp³-hybridized carbons (Fsp3) is 0.333. The summed E-state index contributed by atoms with van der Waals surface area (Å²) in [5.41, 5.74) is 0.854. The Balaban J connectivity index is 1.88. The van der Waals surface area contributed by atoms with Crippen LogP contribution < -0.4 is 9.88 Å². The van der Waals surface area contributed by atoms with Crippen molar-refractivity contribution in [2.24, 2.45) is 5.14 Å². The van der Waals surface area contributed by atoms with Gasteiger partial charge in [0.2, 0.25) is 10.0 Å². The van der Waals surface area contributed by atoms with Crippen LogP contribution in [0.25, 0.3) is 0 Å². The van der Waals surface area contributed by atoms with Gasteiger partial charge in [-0.1, -0.05) is 21.1 Å². The van der Waals surface area contributed by atoms with E-state index in [2.05, 4.69) is 26.2 Å². The summed E-state index contributed by atoms with van der Waals surface area (Å²) in [5, 5.41) is 13.0. The third-order valence-electron chi connectivity index (χ3n) is 2.71. The number of sulfonamides is 1. The monoisotopic (exact) mass is 374 g/mol. The highest BCUT2D eigenvalue weighted by molar-refractivity contribution is 9.09. The topological polar surface area (TPSA) is 100 Å². The number of alkyl halides is 1. The van der Waals surface area contributed by atoms with E-state index in [1.165, 1.54) is 12.1 Å². The van der Waals surface area contributed by atoms with Crippen LogP contribution in [-0.4, -0.2) is 30.0 Å². The molecule has 2 N–H and O–H groups in total. The normalized spacial score (nSPS) is 13.1. The van der Waals surface area contributed by atoms with Crippen LogP contribution in [0.2, 0.25) is 0 Å². The first-order valence-electron chi connectivity index (χ1n) is 6.16. The van der Waals surface area contributed by atoms with Gasteiger partial charge < -0.3 is 4.74 Å². The highest BCUT2D eigenvalue weighted by Crippen LogP contribution is 2.18. The highest BCUT2D eigenvalue weighted by Gasteiger charge is 2.08. The van der Waals surface area contributed by atoms with E-state index in [0.29, 0.717) is 18.9 Å². The highest BCUT2D eigenvalue weighted by atomic mass is 79.9. The van der Waals surface area contributed by atoms with Gasteiger partial charge in [-0.3, -0.25) is 0 Å². The Morgan fingerprint density at radius 3 is 2.57 bits per heavy atom. The number of rotatable bonds is 6. The van der Waals surface area contributed by atoms with Crippen LogP contribution in [-0.2, 0) is 16.6 Å². The maximum Gasteiger partial charge on any atom is 0.238 e. The Bertz CT molecular complexity index is 698. The van der Waals surface area contributed by atoms with Gasteiger partial charge in [0.15, 0.2) is 0 Å². The lowest BCUT2D eigenvalue weighted by molar-refractivity contribution is 0.289. The van der Waals surface area contributed by atoms with E-state index in [1.807, 2.05) is 13.1 Å². The SMILES string of the molecule is CC(Br)c1cn(CCOc2ccc(S(N)(=O)=O)cc2)nn1. The lowest BCUT2D eigenvalue weighted by Gasteiger charge is -2.06. The van der Waals surface area contributed by atoms with Crippen LogP contribution in [0.3, 0.4) is 0 Å². The lowest BCUT2D eigenvalue weighted by atomic mass is 10.3. The van der Waals surface area contributed by atoms with Crippen LogP contribution in [0.4, 0.5) is 0 Å². The Morgan fingerprint density at radius 1 is 1.38 bits per heavy atom. The van der Waals surface area contributed by atoms with E-state index in [1.54, 1.807) is 16.8 Å². The molecular formula is C12H15BrN4O3S. The number of halogens is 1. The molecule has 2 aromatic rings. The Morgan fingerprint density at radius 2 is 2.05 bits per heavy atom. The molecule has 114 valence electrons. The second-order valence-electron chi connectivity index (χ2n) is 4.39. The molecule has 0 fully saturated rings. The van der Waals surface area contributed by atoms with Gasteiger partial charge in [0.25, 0.3) is 0 Å². The lowest BCUT2D eigenvalue weighted by Crippen LogP contribution is -2.12. The molecule has 0 bridgehead atoms. The molecule has 1 heterocycles. The number of primary sulfonamides is 1. The minimum Gasteiger partial charge on any atom is -0.492 e. The zero-order valence-electron chi connectivity index (χ0n) is 11.3. The summed E-state index contributed by atoms with van der Waals surface area (Å²) >= 11 is 3.42. The van der Waals surface area contributed by atoms with Crippen molar-refractivity contribution in [1.29, 1.82) is 0 Å². The van der Waals surface area contributed by atoms with E-state index in [9.17, 15) is 8.42 Å². The van der Waals surface area contributed by atoms with Gasteiger partial charge in [0, 0.05) is 6.20 Å². The molecule has 9 heteroatoms. The van der Waals surface area contributed by atoms with Gasteiger partial charge in [-0.2, -0.15) is 0 Å².